The highest BCUT2D eigenvalue weighted by Crippen LogP contribution is 2.44. The van der Waals surface area contributed by atoms with Crippen LogP contribution in [0.15, 0.2) is 24.3 Å². The summed E-state index contributed by atoms with van der Waals surface area (Å²) in [6.45, 7) is 8.32. The van der Waals surface area contributed by atoms with Crippen molar-refractivity contribution < 1.29 is 9.59 Å². The van der Waals surface area contributed by atoms with E-state index in [1.54, 1.807) is 11.8 Å². The van der Waals surface area contributed by atoms with E-state index < -0.39 is 0 Å². The van der Waals surface area contributed by atoms with Crippen LogP contribution >= 0.6 is 0 Å². The van der Waals surface area contributed by atoms with E-state index in [-0.39, 0.29) is 23.4 Å². The average Bonchev–Trinajstić information content (AvgIpc) is 3.11. The lowest BCUT2D eigenvalue weighted by Gasteiger charge is -2.25. The second kappa shape index (κ2) is 6.70. The molecule has 5 nitrogen and oxygen atoms in total. The molecule has 2 atom stereocenters. The van der Waals surface area contributed by atoms with Crippen molar-refractivity contribution in [1.82, 2.24) is 15.1 Å². The Morgan fingerprint density at radius 2 is 2.04 bits per heavy atom. The zero-order valence-corrected chi connectivity index (χ0v) is 15.7. The number of likely N-dealkylation sites (tertiary alicyclic amines) is 1. The first-order valence-corrected chi connectivity index (χ1v) is 9.14. The SMILES string of the molecule is CC(=O)N1CC[C@H](CN(C)C(=O)N[C@H]2CC(C)(C)c3ccccc32)C1. The van der Waals surface area contributed by atoms with E-state index in [1.807, 2.05) is 18.0 Å². The fourth-order valence-corrected chi connectivity index (χ4v) is 4.27. The normalized spacial score (nSPS) is 24.1. The minimum atomic E-state index is -0.0289. The first-order chi connectivity index (χ1) is 11.8. The molecule has 0 spiro atoms. The Hall–Kier alpha value is -2.04. The first kappa shape index (κ1) is 17.8. The Bertz CT molecular complexity index is 671. The van der Waals surface area contributed by atoms with Crippen molar-refractivity contribution in [1.29, 1.82) is 0 Å². The molecule has 3 rings (SSSR count). The monoisotopic (exact) mass is 343 g/mol. The molecule has 3 amide bonds. The molecular formula is C20H29N3O2. The highest BCUT2D eigenvalue weighted by molar-refractivity contribution is 5.75. The van der Waals surface area contributed by atoms with E-state index in [1.165, 1.54) is 11.1 Å². The van der Waals surface area contributed by atoms with Gasteiger partial charge >= 0.3 is 6.03 Å². The van der Waals surface area contributed by atoms with Gasteiger partial charge < -0.3 is 15.1 Å². The lowest BCUT2D eigenvalue weighted by molar-refractivity contribution is -0.127. The summed E-state index contributed by atoms with van der Waals surface area (Å²) in [6.07, 6.45) is 1.89. The highest BCUT2D eigenvalue weighted by atomic mass is 16.2. The Kier molecular flexibility index (Phi) is 4.76. The molecule has 25 heavy (non-hydrogen) atoms. The molecule has 1 N–H and O–H groups in total. The summed E-state index contributed by atoms with van der Waals surface area (Å²) >= 11 is 0. The van der Waals surface area contributed by atoms with Gasteiger partial charge in [-0.05, 0) is 35.3 Å². The molecule has 5 heteroatoms. The zero-order valence-electron chi connectivity index (χ0n) is 15.7. The zero-order chi connectivity index (χ0) is 18.2. The number of nitrogens with zero attached hydrogens (tertiary/aromatic N) is 2. The number of carbonyl (C=O) groups is 2. The smallest absolute Gasteiger partial charge is 0.317 e. The van der Waals surface area contributed by atoms with Crippen LogP contribution in [0, 0.1) is 5.92 Å². The summed E-state index contributed by atoms with van der Waals surface area (Å²) in [5.41, 5.74) is 2.65. The maximum atomic E-state index is 12.7. The van der Waals surface area contributed by atoms with Crippen LogP contribution in [0.1, 0.15) is 50.8 Å². The van der Waals surface area contributed by atoms with Gasteiger partial charge in [0.15, 0.2) is 0 Å². The molecule has 1 aromatic carbocycles. The number of rotatable bonds is 3. The van der Waals surface area contributed by atoms with Crippen LogP contribution in [0.5, 0.6) is 0 Å². The third-order valence-electron chi connectivity index (χ3n) is 5.69. The van der Waals surface area contributed by atoms with Crippen LogP contribution in [-0.2, 0) is 10.2 Å². The van der Waals surface area contributed by atoms with Crippen LogP contribution in [-0.4, -0.2) is 48.4 Å². The third kappa shape index (κ3) is 3.65. The number of hydrogen-bond acceptors (Lipinski definition) is 2. The maximum absolute atomic E-state index is 12.7. The summed E-state index contributed by atoms with van der Waals surface area (Å²) in [5, 5.41) is 3.20. The van der Waals surface area contributed by atoms with E-state index >= 15 is 0 Å². The van der Waals surface area contributed by atoms with E-state index in [0.717, 1.165) is 25.9 Å². The van der Waals surface area contributed by atoms with Gasteiger partial charge in [0.1, 0.15) is 0 Å². The summed E-state index contributed by atoms with van der Waals surface area (Å²) in [5.74, 6) is 0.492. The van der Waals surface area contributed by atoms with Gasteiger partial charge in [-0.25, -0.2) is 4.79 Å². The number of carbonyl (C=O) groups excluding carboxylic acids is 2. The third-order valence-corrected chi connectivity index (χ3v) is 5.69. The molecular weight excluding hydrogens is 314 g/mol. The lowest BCUT2D eigenvalue weighted by atomic mass is 9.86. The number of hydrogen-bond donors (Lipinski definition) is 1. The van der Waals surface area contributed by atoms with Crippen molar-refractivity contribution in [2.45, 2.75) is 45.1 Å². The molecule has 1 heterocycles. The Morgan fingerprint density at radius 3 is 2.72 bits per heavy atom. The number of benzene rings is 1. The topological polar surface area (TPSA) is 52.7 Å². The van der Waals surface area contributed by atoms with E-state index in [9.17, 15) is 9.59 Å². The largest absolute Gasteiger partial charge is 0.343 e. The Balaban J connectivity index is 1.59. The molecule has 0 bridgehead atoms. The quantitative estimate of drug-likeness (QED) is 0.917. The van der Waals surface area contributed by atoms with Crippen molar-refractivity contribution in [3.8, 4) is 0 Å². The summed E-state index contributed by atoms with van der Waals surface area (Å²) in [6, 6.07) is 8.43. The summed E-state index contributed by atoms with van der Waals surface area (Å²) in [4.78, 5) is 27.7. The standard InChI is InChI=1S/C20H29N3O2/c1-14(24)23-10-9-15(13-23)12-22(4)19(25)21-18-11-20(2,3)17-8-6-5-7-16(17)18/h5-8,15,18H,9-13H2,1-4H3,(H,21,25)/t15-,18+/m1/s1. The van der Waals surface area contributed by atoms with Gasteiger partial charge in [0.05, 0.1) is 6.04 Å². The molecule has 136 valence electrons. The van der Waals surface area contributed by atoms with E-state index in [4.69, 9.17) is 0 Å². The number of nitrogens with one attached hydrogen (secondary N) is 1. The molecule has 1 aliphatic carbocycles. The van der Waals surface area contributed by atoms with E-state index in [0.29, 0.717) is 12.5 Å². The lowest BCUT2D eigenvalue weighted by Crippen LogP contribution is -2.42. The van der Waals surface area contributed by atoms with Crippen molar-refractivity contribution in [3.63, 3.8) is 0 Å². The molecule has 0 aromatic heterocycles. The maximum Gasteiger partial charge on any atom is 0.317 e. The van der Waals surface area contributed by atoms with Crippen molar-refractivity contribution in [2.75, 3.05) is 26.7 Å². The second-order valence-electron chi connectivity index (χ2n) is 8.18. The van der Waals surface area contributed by atoms with Crippen LogP contribution in [0.2, 0.25) is 0 Å². The van der Waals surface area contributed by atoms with Crippen molar-refractivity contribution in [2.24, 2.45) is 5.92 Å². The predicted octanol–water partition coefficient (Wildman–Crippen LogP) is 2.92. The summed E-state index contributed by atoms with van der Waals surface area (Å²) < 4.78 is 0. The number of urea groups is 1. The van der Waals surface area contributed by atoms with Crippen LogP contribution in [0.3, 0.4) is 0 Å². The summed E-state index contributed by atoms with van der Waals surface area (Å²) in [7, 11) is 1.84. The Morgan fingerprint density at radius 1 is 1.32 bits per heavy atom. The molecule has 0 radical (unpaired) electrons. The molecule has 0 unspecified atom stereocenters. The second-order valence-corrected chi connectivity index (χ2v) is 8.18. The molecule has 1 saturated heterocycles. The van der Waals surface area contributed by atoms with Crippen molar-refractivity contribution in [3.05, 3.63) is 35.4 Å². The predicted molar refractivity (Wildman–Crippen MR) is 98.3 cm³/mol. The average molecular weight is 343 g/mol. The Labute approximate surface area is 150 Å². The molecule has 1 aromatic rings. The van der Waals surface area contributed by atoms with Gasteiger partial charge in [0.25, 0.3) is 0 Å². The fraction of sp³-hybridized carbons (Fsp3) is 0.600. The van der Waals surface area contributed by atoms with Crippen LogP contribution < -0.4 is 5.32 Å². The minimum Gasteiger partial charge on any atom is -0.343 e. The van der Waals surface area contributed by atoms with Gasteiger partial charge in [-0.2, -0.15) is 0 Å². The van der Waals surface area contributed by atoms with Crippen LogP contribution in [0.4, 0.5) is 4.79 Å². The molecule has 1 fully saturated rings. The van der Waals surface area contributed by atoms with Gasteiger partial charge in [-0.15, -0.1) is 0 Å². The molecule has 0 saturated carbocycles. The van der Waals surface area contributed by atoms with Crippen LogP contribution in [0.25, 0.3) is 0 Å². The van der Waals surface area contributed by atoms with Gasteiger partial charge in [-0.1, -0.05) is 38.1 Å². The van der Waals surface area contributed by atoms with Gasteiger partial charge in [-0.3, -0.25) is 4.79 Å². The first-order valence-electron chi connectivity index (χ1n) is 9.14. The van der Waals surface area contributed by atoms with Crippen molar-refractivity contribution >= 4 is 11.9 Å². The highest BCUT2D eigenvalue weighted by Gasteiger charge is 2.37. The van der Waals surface area contributed by atoms with Gasteiger partial charge in [0.2, 0.25) is 5.91 Å². The van der Waals surface area contributed by atoms with E-state index in [2.05, 4.69) is 37.4 Å². The number of fused-ring (bicyclic) bond motifs is 1. The number of amides is 3. The minimum absolute atomic E-state index is 0.0289. The van der Waals surface area contributed by atoms with Gasteiger partial charge in [0, 0.05) is 33.6 Å². The molecule has 2 aliphatic rings. The molecule has 1 aliphatic heterocycles. The fourth-order valence-electron chi connectivity index (χ4n) is 4.27.